The fraction of sp³-hybridized carbons (Fsp3) is 0.412. The van der Waals surface area contributed by atoms with Crippen LogP contribution in [0.3, 0.4) is 0 Å². The highest BCUT2D eigenvalue weighted by molar-refractivity contribution is 7.91. The minimum absolute atomic E-state index is 0.00979. The van der Waals surface area contributed by atoms with Crippen molar-refractivity contribution >= 4 is 15.7 Å². The first-order valence-electron chi connectivity index (χ1n) is 7.99. The first-order valence-corrected chi connectivity index (χ1v) is 9.81. The zero-order chi connectivity index (χ0) is 18.2. The summed E-state index contributed by atoms with van der Waals surface area (Å²) in [6, 6.07) is 7.14. The molecule has 25 heavy (non-hydrogen) atoms. The molecule has 1 atom stereocenters. The summed E-state index contributed by atoms with van der Waals surface area (Å²) in [5.74, 6) is 0.439. The van der Waals surface area contributed by atoms with Crippen LogP contribution in [0, 0.1) is 6.92 Å². The Morgan fingerprint density at radius 3 is 2.76 bits per heavy atom. The molecule has 1 N–H and O–H groups in total. The molecule has 134 valence electrons. The highest BCUT2D eigenvalue weighted by Crippen LogP contribution is 2.31. The lowest BCUT2D eigenvalue weighted by Crippen LogP contribution is -2.35. The van der Waals surface area contributed by atoms with Crippen molar-refractivity contribution in [1.29, 1.82) is 0 Å². The van der Waals surface area contributed by atoms with Gasteiger partial charge in [0.25, 0.3) is 5.91 Å². The van der Waals surface area contributed by atoms with Crippen LogP contribution in [0.25, 0.3) is 11.3 Å². The second kappa shape index (κ2) is 6.51. The van der Waals surface area contributed by atoms with E-state index in [4.69, 9.17) is 4.74 Å². The third-order valence-corrected chi connectivity index (χ3v) is 6.08. The van der Waals surface area contributed by atoms with Crippen LogP contribution < -0.4 is 10.1 Å². The zero-order valence-corrected chi connectivity index (χ0v) is 15.3. The minimum atomic E-state index is -3.04. The summed E-state index contributed by atoms with van der Waals surface area (Å²) in [4.78, 5) is 12.4. The van der Waals surface area contributed by atoms with E-state index in [9.17, 15) is 13.2 Å². The Morgan fingerprint density at radius 2 is 2.12 bits per heavy atom. The molecule has 0 radical (unpaired) electrons. The topological polar surface area (TPSA) is 90.3 Å². The van der Waals surface area contributed by atoms with Gasteiger partial charge in [-0.25, -0.2) is 8.42 Å². The minimum Gasteiger partial charge on any atom is -0.496 e. The smallest absolute Gasteiger partial charge is 0.272 e. The molecule has 1 amide bonds. The van der Waals surface area contributed by atoms with Crippen molar-refractivity contribution in [2.45, 2.75) is 19.4 Å². The third-order valence-electron chi connectivity index (χ3n) is 4.31. The molecule has 1 aliphatic rings. The van der Waals surface area contributed by atoms with Crippen LogP contribution in [0.15, 0.2) is 24.3 Å². The predicted octanol–water partition coefficient (Wildman–Crippen LogP) is 1.32. The normalized spacial score (nSPS) is 18.9. The third kappa shape index (κ3) is 3.68. The number of nitrogens with one attached hydrogen (secondary N) is 1. The van der Waals surface area contributed by atoms with E-state index in [0.29, 0.717) is 12.2 Å². The fourth-order valence-electron chi connectivity index (χ4n) is 3.02. The number of amides is 1. The maximum atomic E-state index is 12.4. The second-order valence-corrected chi connectivity index (χ2v) is 8.54. The highest BCUT2D eigenvalue weighted by atomic mass is 32.2. The Hall–Kier alpha value is -2.35. The summed E-state index contributed by atoms with van der Waals surface area (Å²) in [6.45, 7) is 1.98. The molecule has 0 saturated carbocycles. The summed E-state index contributed by atoms with van der Waals surface area (Å²) in [5, 5.41) is 7.03. The number of benzene rings is 1. The molecule has 1 fully saturated rings. The first kappa shape index (κ1) is 17.5. The molecule has 1 aromatic heterocycles. The molecule has 0 spiro atoms. The largest absolute Gasteiger partial charge is 0.496 e. The lowest BCUT2D eigenvalue weighted by Gasteiger charge is -2.09. The van der Waals surface area contributed by atoms with E-state index >= 15 is 0 Å². The van der Waals surface area contributed by atoms with Crippen LogP contribution in [0.4, 0.5) is 0 Å². The standard InChI is InChI=1S/C17H21N3O4S/c1-11-4-5-16(24-3)13(8-11)15-9-14(19-20(15)2)17(21)18-12-6-7-25(22,23)10-12/h4-5,8-9,12H,6-7,10H2,1-3H3,(H,18,21). The Bertz CT molecular complexity index is 918. The molecule has 3 rings (SSSR count). The van der Waals surface area contributed by atoms with Crippen LogP contribution in [0.1, 0.15) is 22.5 Å². The number of nitrogens with zero attached hydrogens (tertiary/aromatic N) is 2. The molecular formula is C17H21N3O4S. The number of ether oxygens (including phenoxy) is 1. The average Bonchev–Trinajstić information content (AvgIpc) is 3.09. The molecule has 2 aromatic rings. The SMILES string of the molecule is COc1ccc(C)cc1-c1cc(C(=O)NC2CCS(=O)(=O)C2)nn1C. The molecular weight excluding hydrogens is 342 g/mol. The molecule has 8 heteroatoms. The zero-order valence-electron chi connectivity index (χ0n) is 14.4. The van der Waals surface area contributed by atoms with Crippen molar-refractivity contribution in [3.8, 4) is 17.0 Å². The van der Waals surface area contributed by atoms with Gasteiger partial charge in [-0.05, 0) is 31.5 Å². The average molecular weight is 363 g/mol. The number of rotatable bonds is 4. The van der Waals surface area contributed by atoms with Gasteiger partial charge in [-0.3, -0.25) is 9.48 Å². The Morgan fingerprint density at radius 1 is 1.36 bits per heavy atom. The Labute approximate surface area is 146 Å². The Balaban J connectivity index is 1.85. The number of aryl methyl sites for hydroxylation is 2. The lowest BCUT2D eigenvalue weighted by atomic mass is 10.1. The van der Waals surface area contributed by atoms with Gasteiger partial charge in [-0.1, -0.05) is 11.6 Å². The van der Waals surface area contributed by atoms with Gasteiger partial charge in [0.15, 0.2) is 15.5 Å². The van der Waals surface area contributed by atoms with Crippen LogP contribution >= 0.6 is 0 Å². The van der Waals surface area contributed by atoms with E-state index in [2.05, 4.69) is 10.4 Å². The van der Waals surface area contributed by atoms with Gasteiger partial charge in [0.2, 0.25) is 0 Å². The molecule has 1 aromatic carbocycles. The second-order valence-electron chi connectivity index (χ2n) is 6.32. The highest BCUT2D eigenvalue weighted by Gasteiger charge is 2.29. The lowest BCUT2D eigenvalue weighted by molar-refractivity contribution is 0.0935. The monoisotopic (exact) mass is 363 g/mol. The van der Waals surface area contributed by atoms with Crippen LogP contribution in [0.5, 0.6) is 5.75 Å². The van der Waals surface area contributed by atoms with Gasteiger partial charge in [-0.2, -0.15) is 5.10 Å². The van der Waals surface area contributed by atoms with E-state index in [-0.39, 0.29) is 29.1 Å². The van der Waals surface area contributed by atoms with Crippen molar-refractivity contribution in [3.05, 3.63) is 35.5 Å². The molecule has 0 bridgehead atoms. The molecule has 7 nitrogen and oxygen atoms in total. The van der Waals surface area contributed by atoms with Gasteiger partial charge in [0.05, 0.1) is 24.3 Å². The van der Waals surface area contributed by atoms with E-state index in [1.54, 1.807) is 24.9 Å². The van der Waals surface area contributed by atoms with Gasteiger partial charge >= 0.3 is 0 Å². The summed E-state index contributed by atoms with van der Waals surface area (Å²) in [5.41, 5.74) is 2.93. The number of carbonyl (C=O) groups excluding carboxylic acids is 1. The van der Waals surface area contributed by atoms with Gasteiger partial charge in [0.1, 0.15) is 5.75 Å². The number of hydrogen-bond acceptors (Lipinski definition) is 5. The molecule has 2 heterocycles. The molecule has 0 aliphatic carbocycles. The van der Waals surface area contributed by atoms with Crippen LogP contribution in [-0.4, -0.2) is 48.8 Å². The Kier molecular flexibility index (Phi) is 4.55. The summed E-state index contributed by atoms with van der Waals surface area (Å²) in [6.07, 6.45) is 0.444. The summed E-state index contributed by atoms with van der Waals surface area (Å²) in [7, 11) is 0.314. The molecule has 1 aliphatic heterocycles. The molecule has 1 saturated heterocycles. The number of methoxy groups -OCH3 is 1. The van der Waals surface area contributed by atoms with Crippen molar-refractivity contribution in [2.75, 3.05) is 18.6 Å². The van der Waals surface area contributed by atoms with Crippen LogP contribution in [-0.2, 0) is 16.9 Å². The van der Waals surface area contributed by atoms with E-state index in [1.807, 2.05) is 25.1 Å². The maximum absolute atomic E-state index is 12.4. The van der Waals surface area contributed by atoms with E-state index in [1.165, 1.54) is 0 Å². The first-order chi connectivity index (χ1) is 11.8. The predicted molar refractivity (Wildman–Crippen MR) is 94.5 cm³/mol. The fourth-order valence-corrected chi connectivity index (χ4v) is 4.69. The van der Waals surface area contributed by atoms with Crippen molar-refractivity contribution in [3.63, 3.8) is 0 Å². The van der Waals surface area contributed by atoms with Crippen LogP contribution in [0.2, 0.25) is 0 Å². The number of aromatic nitrogens is 2. The molecule has 1 unspecified atom stereocenters. The van der Waals surface area contributed by atoms with Crippen molar-refractivity contribution in [1.82, 2.24) is 15.1 Å². The van der Waals surface area contributed by atoms with Crippen molar-refractivity contribution < 1.29 is 17.9 Å². The van der Waals surface area contributed by atoms with Gasteiger partial charge in [0, 0.05) is 18.7 Å². The quantitative estimate of drug-likeness (QED) is 0.885. The summed E-state index contributed by atoms with van der Waals surface area (Å²) < 4.78 is 30.1. The number of carbonyl (C=O) groups is 1. The number of sulfone groups is 1. The number of hydrogen-bond donors (Lipinski definition) is 1. The maximum Gasteiger partial charge on any atom is 0.272 e. The van der Waals surface area contributed by atoms with E-state index < -0.39 is 9.84 Å². The summed E-state index contributed by atoms with van der Waals surface area (Å²) >= 11 is 0. The van der Waals surface area contributed by atoms with Gasteiger partial charge < -0.3 is 10.1 Å². The van der Waals surface area contributed by atoms with E-state index in [0.717, 1.165) is 16.8 Å². The van der Waals surface area contributed by atoms with Crippen molar-refractivity contribution in [2.24, 2.45) is 7.05 Å². The van der Waals surface area contributed by atoms with Gasteiger partial charge in [-0.15, -0.1) is 0 Å².